The van der Waals surface area contributed by atoms with Gasteiger partial charge in [0.1, 0.15) is 0 Å². The smallest absolute Gasteiger partial charge is 0.290 e. The molecule has 0 aliphatic carbocycles. The molecule has 3 rings (SSSR count). The third-order valence-electron chi connectivity index (χ3n) is 4.92. The number of methoxy groups -OCH3 is 2. The van der Waals surface area contributed by atoms with Gasteiger partial charge in [-0.15, -0.1) is 0 Å². The first-order valence-electron chi connectivity index (χ1n) is 9.46. The number of halogens is 1. The van der Waals surface area contributed by atoms with Gasteiger partial charge in [0, 0.05) is 13.7 Å². The van der Waals surface area contributed by atoms with Crippen LogP contribution in [-0.4, -0.2) is 54.2 Å². The van der Waals surface area contributed by atoms with E-state index >= 15 is 0 Å². The monoisotopic (exact) mass is 487 g/mol. The number of nitrogens with zero attached hydrogens (tertiary/aromatic N) is 1. The van der Waals surface area contributed by atoms with Gasteiger partial charge in [-0.25, -0.2) is 0 Å². The quantitative estimate of drug-likeness (QED) is 0.549. The number of amides is 1. The molecule has 31 heavy (non-hydrogen) atoms. The Bertz CT molecular complexity index is 1050. The molecule has 0 radical (unpaired) electrons. The molecular weight excluding hydrogens is 466 g/mol. The molecule has 1 heterocycles. The molecule has 0 fully saturated rings. The molecule has 2 N–H and O–H groups in total. The lowest BCUT2D eigenvalue weighted by atomic mass is 9.95. The molecule has 1 amide bonds. The van der Waals surface area contributed by atoms with E-state index in [9.17, 15) is 19.8 Å². The lowest BCUT2D eigenvalue weighted by molar-refractivity contribution is -0.130. The first-order valence-corrected chi connectivity index (χ1v) is 10.2. The molecule has 1 aliphatic rings. The third kappa shape index (κ3) is 4.65. The van der Waals surface area contributed by atoms with E-state index in [-0.39, 0.29) is 30.2 Å². The SMILES string of the molecule is COCCN1C(=O)C(O)=C(C(=O)C=Cc2ccccc2)C1c1cc(Br)c(O)c(OC)c1. The predicted molar refractivity (Wildman–Crippen MR) is 119 cm³/mol. The Kier molecular flexibility index (Phi) is 7.14. The predicted octanol–water partition coefficient (Wildman–Crippen LogP) is 3.79. The molecule has 0 saturated heterocycles. The zero-order valence-corrected chi connectivity index (χ0v) is 18.6. The number of rotatable bonds is 8. The van der Waals surface area contributed by atoms with E-state index in [1.807, 2.05) is 30.3 Å². The maximum Gasteiger partial charge on any atom is 0.290 e. The van der Waals surface area contributed by atoms with Crippen molar-refractivity contribution in [3.63, 3.8) is 0 Å². The number of hydrogen-bond donors (Lipinski definition) is 2. The number of aliphatic hydroxyl groups excluding tert-OH is 1. The first kappa shape index (κ1) is 22.6. The van der Waals surface area contributed by atoms with Crippen LogP contribution in [0.4, 0.5) is 0 Å². The zero-order valence-electron chi connectivity index (χ0n) is 17.0. The summed E-state index contributed by atoms with van der Waals surface area (Å²) < 4.78 is 10.6. The Morgan fingerprint density at radius 2 is 1.90 bits per heavy atom. The summed E-state index contributed by atoms with van der Waals surface area (Å²) in [6.07, 6.45) is 2.95. The molecule has 0 aromatic heterocycles. The molecule has 0 spiro atoms. The Morgan fingerprint density at radius 3 is 2.55 bits per heavy atom. The van der Waals surface area contributed by atoms with Crippen molar-refractivity contribution in [3.8, 4) is 11.5 Å². The highest BCUT2D eigenvalue weighted by Crippen LogP contribution is 2.43. The largest absolute Gasteiger partial charge is 0.503 e. The van der Waals surface area contributed by atoms with Crippen molar-refractivity contribution in [2.24, 2.45) is 0 Å². The second-order valence-electron chi connectivity index (χ2n) is 6.82. The molecule has 1 aliphatic heterocycles. The van der Waals surface area contributed by atoms with Crippen LogP contribution in [0.1, 0.15) is 17.2 Å². The van der Waals surface area contributed by atoms with E-state index in [0.717, 1.165) is 5.56 Å². The molecular formula is C23H22BrNO6. The fraction of sp³-hybridized carbons (Fsp3) is 0.217. The Labute approximate surface area is 188 Å². The Morgan fingerprint density at radius 1 is 1.19 bits per heavy atom. The molecule has 1 atom stereocenters. The van der Waals surface area contributed by atoms with Gasteiger partial charge in [-0.2, -0.15) is 0 Å². The van der Waals surface area contributed by atoms with Crippen molar-refractivity contribution in [2.45, 2.75) is 6.04 Å². The van der Waals surface area contributed by atoms with E-state index in [0.29, 0.717) is 10.0 Å². The van der Waals surface area contributed by atoms with E-state index in [2.05, 4.69) is 15.9 Å². The molecule has 162 valence electrons. The molecule has 0 saturated carbocycles. The van der Waals surface area contributed by atoms with E-state index in [1.54, 1.807) is 12.1 Å². The van der Waals surface area contributed by atoms with Gasteiger partial charge in [-0.3, -0.25) is 9.59 Å². The molecule has 7 nitrogen and oxygen atoms in total. The number of aliphatic hydroxyl groups is 1. The number of carbonyl (C=O) groups is 2. The van der Waals surface area contributed by atoms with Crippen LogP contribution in [0.2, 0.25) is 0 Å². The topological polar surface area (TPSA) is 96.3 Å². The summed E-state index contributed by atoms with van der Waals surface area (Å²) in [6, 6.07) is 11.5. The van der Waals surface area contributed by atoms with Gasteiger partial charge in [-0.1, -0.05) is 36.4 Å². The van der Waals surface area contributed by atoms with Gasteiger partial charge < -0.3 is 24.6 Å². The number of hydrogen-bond acceptors (Lipinski definition) is 6. The number of ketones is 1. The highest BCUT2D eigenvalue weighted by Gasteiger charge is 2.43. The first-order chi connectivity index (χ1) is 14.9. The lowest BCUT2D eigenvalue weighted by Crippen LogP contribution is -2.33. The highest BCUT2D eigenvalue weighted by molar-refractivity contribution is 9.10. The number of phenols is 1. The number of phenolic OH excluding ortho intramolecular Hbond substituents is 1. The molecule has 1 unspecified atom stereocenters. The maximum absolute atomic E-state index is 13.1. The van der Waals surface area contributed by atoms with Gasteiger partial charge in [0.15, 0.2) is 23.0 Å². The molecule has 2 aromatic rings. The van der Waals surface area contributed by atoms with Gasteiger partial charge >= 0.3 is 0 Å². The summed E-state index contributed by atoms with van der Waals surface area (Å²) in [4.78, 5) is 27.2. The molecule has 8 heteroatoms. The maximum atomic E-state index is 13.1. The third-order valence-corrected chi connectivity index (χ3v) is 5.52. The standard InChI is InChI=1S/C23H22BrNO6/c1-30-11-10-25-20(15-12-16(24)21(27)18(13-15)31-2)19(22(28)23(25)29)17(26)9-8-14-6-4-3-5-7-14/h3-9,12-13,20,27-28H,10-11H2,1-2H3. The number of carbonyl (C=O) groups excluding carboxylic acids is 2. The van der Waals surface area contributed by atoms with Crippen LogP contribution in [0.5, 0.6) is 11.5 Å². The highest BCUT2D eigenvalue weighted by atomic mass is 79.9. The number of ether oxygens (including phenoxy) is 2. The minimum atomic E-state index is -0.874. The van der Waals surface area contributed by atoms with Crippen LogP contribution in [-0.2, 0) is 14.3 Å². The number of benzene rings is 2. The minimum Gasteiger partial charge on any atom is -0.503 e. The van der Waals surface area contributed by atoms with Gasteiger partial charge in [0.2, 0.25) is 0 Å². The van der Waals surface area contributed by atoms with Gasteiger partial charge in [-0.05, 0) is 45.3 Å². The molecule has 0 bridgehead atoms. The van der Waals surface area contributed by atoms with Crippen molar-refractivity contribution in [3.05, 3.63) is 75.5 Å². The average molecular weight is 488 g/mol. The van der Waals surface area contributed by atoms with Crippen molar-refractivity contribution < 1.29 is 29.3 Å². The van der Waals surface area contributed by atoms with E-state index in [4.69, 9.17) is 9.47 Å². The van der Waals surface area contributed by atoms with Crippen LogP contribution in [0.15, 0.2) is 64.3 Å². The Balaban J connectivity index is 2.06. The van der Waals surface area contributed by atoms with E-state index < -0.39 is 23.5 Å². The second-order valence-corrected chi connectivity index (χ2v) is 7.67. The van der Waals surface area contributed by atoms with Gasteiger partial charge in [0.25, 0.3) is 5.91 Å². The summed E-state index contributed by atoms with van der Waals surface area (Å²) in [5.74, 6) is -1.71. The summed E-state index contributed by atoms with van der Waals surface area (Å²) in [5.41, 5.74) is 1.25. The van der Waals surface area contributed by atoms with Crippen molar-refractivity contribution in [1.82, 2.24) is 4.90 Å². The van der Waals surface area contributed by atoms with Crippen LogP contribution < -0.4 is 4.74 Å². The normalized spacial score (nSPS) is 16.4. The summed E-state index contributed by atoms with van der Waals surface area (Å²) in [7, 11) is 2.90. The van der Waals surface area contributed by atoms with Crippen molar-refractivity contribution in [2.75, 3.05) is 27.4 Å². The van der Waals surface area contributed by atoms with E-state index in [1.165, 1.54) is 31.3 Å². The number of allylic oxidation sites excluding steroid dienone is 1. The van der Waals surface area contributed by atoms with Crippen molar-refractivity contribution >= 4 is 33.7 Å². The lowest BCUT2D eigenvalue weighted by Gasteiger charge is -2.27. The van der Waals surface area contributed by atoms with Crippen LogP contribution in [0, 0.1) is 0 Å². The fourth-order valence-electron chi connectivity index (χ4n) is 3.41. The van der Waals surface area contributed by atoms with Crippen LogP contribution in [0.25, 0.3) is 6.08 Å². The number of aromatic hydroxyl groups is 1. The fourth-order valence-corrected chi connectivity index (χ4v) is 3.86. The van der Waals surface area contributed by atoms with Gasteiger partial charge in [0.05, 0.1) is 29.8 Å². The van der Waals surface area contributed by atoms with Crippen LogP contribution in [0.3, 0.4) is 0 Å². The summed E-state index contributed by atoms with van der Waals surface area (Å²) in [6.45, 7) is 0.372. The summed E-state index contributed by atoms with van der Waals surface area (Å²) in [5, 5.41) is 20.7. The Hall–Kier alpha value is -3.10. The van der Waals surface area contributed by atoms with Crippen LogP contribution >= 0.6 is 15.9 Å². The second kappa shape index (κ2) is 9.80. The minimum absolute atomic E-state index is 0.0482. The zero-order chi connectivity index (χ0) is 22.5. The van der Waals surface area contributed by atoms with Crippen molar-refractivity contribution in [1.29, 1.82) is 0 Å². The summed E-state index contributed by atoms with van der Waals surface area (Å²) >= 11 is 3.27. The molecule has 2 aromatic carbocycles. The average Bonchev–Trinajstić information content (AvgIpc) is 3.03.